The summed E-state index contributed by atoms with van der Waals surface area (Å²) in [6, 6.07) is 19.6. The number of nitrogens with two attached hydrogens (primary N) is 1. The Morgan fingerprint density at radius 1 is 0.750 bits per heavy atom. The van der Waals surface area contributed by atoms with Crippen LogP contribution in [0.5, 0.6) is 0 Å². The van der Waals surface area contributed by atoms with Crippen LogP contribution >= 0.6 is 11.3 Å². The van der Waals surface area contributed by atoms with Gasteiger partial charge in [-0.15, -0.1) is 11.3 Å². The molecular weight excluding hydrogens is 525 g/mol. The predicted octanol–water partition coefficient (Wildman–Crippen LogP) is 4.05. The molecule has 2 heterocycles. The van der Waals surface area contributed by atoms with E-state index in [0.717, 1.165) is 5.69 Å². The minimum absolute atomic E-state index is 0. The van der Waals surface area contributed by atoms with Crippen LogP contribution in [-0.2, 0) is 0 Å². The normalized spacial score (nSPS) is 10.7. The quantitative estimate of drug-likeness (QED) is 0.147. The lowest BCUT2D eigenvalue weighted by atomic mass is 10.1. The Kier molecular flexibility index (Phi) is 12.1. The standard InChI is InChI=1S/C27H38N3S.HI/c1-3-5-7-10-20-29(21-11-8-6-4-2)24-16-14-23(15-17-24)26-18-19-27(31-26)25-13-9-12-22-30(25)28;/h9,12-19,22H,3-8,10-11,20-21,28H2,1-2H3;1H/q+1;/p-1. The average molecular weight is 564 g/mol. The Balaban J connectivity index is 0.00000363. The average Bonchev–Trinajstić information content (AvgIpc) is 3.28. The summed E-state index contributed by atoms with van der Waals surface area (Å²) >= 11 is 1.79. The Hall–Kier alpha value is -1.60. The number of rotatable bonds is 13. The van der Waals surface area contributed by atoms with Gasteiger partial charge in [-0.25, -0.2) is 5.84 Å². The van der Waals surface area contributed by atoms with Crippen LogP contribution in [0.1, 0.15) is 65.2 Å². The highest BCUT2D eigenvalue weighted by Gasteiger charge is 2.14. The van der Waals surface area contributed by atoms with Crippen molar-refractivity contribution in [3.05, 3.63) is 60.8 Å². The van der Waals surface area contributed by atoms with Crippen LogP contribution < -0.4 is 39.4 Å². The van der Waals surface area contributed by atoms with Gasteiger partial charge in [0.05, 0.1) is 0 Å². The van der Waals surface area contributed by atoms with Crippen molar-refractivity contribution in [3.63, 3.8) is 0 Å². The molecule has 3 nitrogen and oxygen atoms in total. The van der Waals surface area contributed by atoms with Crippen LogP contribution in [-0.4, -0.2) is 13.1 Å². The third kappa shape index (κ3) is 7.77. The van der Waals surface area contributed by atoms with Gasteiger partial charge < -0.3 is 28.9 Å². The van der Waals surface area contributed by atoms with Crippen molar-refractivity contribution in [2.45, 2.75) is 65.2 Å². The van der Waals surface area contributed by atoms with Crippen LogP contribution in [0.2, 0.25) is 0 Å². The number of nitrogen functional groups attached to an aromatic ring is 1. The topological polar surface area (TPSA) is 33.1 Å². The Bertz CT molecular complexity index is 895. The molecule has 5 heteroatoms. The number of hydrogen-bond donors (Lipinski definition) is 1. The number of anilines is 1. The minimum atomic E-state index is 0. The summed E-state index contributed by atoms with van der Waals surface area (Å²) in [5.74, 6) is 6.09. The summed E-state index contributed by atoms with van der Waals surface area (Å²) in [6.07, 6.45) is 12.4. The van der Waals surface area contributed by atoms with Crippen molar-refractivity contribution in [1.29, 1.82) is 0 Å². The van der Waals surface area contributed by atoms with Crippen molar-refractivity contribution in [1.82, 2.24) is 0 Å². The third-order valence-corrected chi connectivity index (χ3v) is 6.99. The Labute approximate surface area is 215 Å². The van der Waals surface area contributed by atoms with E-state index in [1.165, 1.54) is 85.5 Å². The minimum Gasteiger partial charge on any atom is -1.00 e. The second-order valence-electron chi connectivity index (χ2n) is 8.31. The number of benzene rings is 1. The molecule has 174 valence electrons. The van der Waals surface area contributed by atoms with Gasteiger partial charge in [0.2, 0.25) is 0 Å². The smallest absolute Gasteiger partial charge is 0.251 e. The first-order chi connectivity index (χ1) is 15.2. The third-order valence-electron chi connectivity index (χ3n) is 5.83. The van der Waals surface area contributed by atoms with Gasteiger partial charge in [-0.2, -0.15) is 0 Å². The maximum atomic E-state index is 6.09. The molecule has 0 aliphatic carbocycles. The molecule has 0 aliphatic heterocycles. The maximum absolute atomic E-state index is 6.09. The van der Waals surface area contributed by atoms with E-state index in [9.17, 15) is 0 Å². The van der Waals surface area contributed by atoms with Gasteiger partial charge in [-0.1, -0.05) is 69.2 Å². The van der Waals surface area contributed by atoms with E-state index in [4.69, 9.17) is 5.84 Å². The van der Waals surface area contributed by atoms with E-state index in [-0.39, 0.29) is 24.0 Å². The number of unbranched alkanes of at least 4 members (excludes halogenated alkanes) is 6. The summed E-state index contributed by atoms with van der Waals surface area (Å²) in [4.78, 5) is 5.06. The largest absolute Gasteiger partial charge is 1.00 e. The predicted molar refractivity (Wildman–Crippen MR) is 136 cm³/mol. The zero-order chi connectivity index (χ0) is 21.9. The highest BCUT2D eigenvalue weighted by atomic mass is 127. The van der Waals surface area contributed by atoms with Crippen molar-refractivity contribution in [3.8, 4) is 21.0 Å². The Morgan fingerprint density at radius 2 is 1.38 bits per heavy atom. The second kappa shape index (κ2) is 14.5. The van der Waals surface area contributed by atoms with Gasteiger partial charge in [-0.05, 0) is 48.7 Å². The molecule has 0 spiro atoms. The molecule has 0 atom stereocenters. The lowest BCUT2D eigenvalue weighted by molar-refractivity contribution is -0.627. The van der Waals surface area contributed by atoms with E-state index in [0.29, 0.717) is 0 Å². The van der Waals surface area contributed by atoms with E-state index in [1.807, 2.05) is 18.3 Å². The van der Waals surface area contributed by atoms with Crippen LogP contribution in [0.4, 0.5) is 5.69 Å². The summed E-state index contributed by atoms with van der Waals surface area (Å²) in [5.41, 5.74) is 3.67. The fourth-order valence-corrected chi connectivity index (χ4v) is 5.00. The number of thiophene rings is 1. The molecule has 32 heavy (non-hydrogen) atoms. The van der Waals surface area contributed by atoms with Crippen LogP contribution in [0.3, 0.4) is 0 Å². The molecule has 0 radical (unpaired) electrons. The fourth-order valence-electron chi connectivity index (χ4n) is 3.96. The lowest BCUT2D eigenvalue weighted by Gasteiger charge is -2.25. The highest BCUT2D eigenvalue weighted by molar-refractivity contribution is 7.18. The molecule has 0 fully saturated rings. The van der Waals surface area contributed by atoms with Crippen LogP contribution in [0, 0.1) is 0 Å². The molecule has 0 saturated carbocycles. The number of nitrogens with zero attached hydrogens (tertiary/aromatic N) is 2. The fraction of sp³-hybridized carbons (Fsp3) is 0.444. The van der Waals surface area contributed by atoms with Gasteiger partial charge in [0.25, 0.3) is 5.69 Å². The van der Waals surface area contributed by atoms with E-state index in [2.05, 4.69) is 61.2 Å². The first-order valence-corrected chi connectivity index (χ1v) is 12.8. The molecule has 3 rings (SSSR count). The SMILES string of the molecule is CCCCCCN(CCCCCC)c1ccc(-c2ccc(-c3cccc[n+]3N)s2)cc1.[I-]. The zero-order valence-electron chi connectivity index (χ0n) is 19.6. The molecule has 0 bridgehead atoms. The number of halogens is 1. The van der Waals surface area contributed by atoms with Crippen LogP contribution in [0.15, 0.2) is 60.8 Å². The Morgan fingerprint density at radius 3 is 1.97 bits per heavy atom. The number of hydrogen-bond acceptors (Lipinski definition) is 3. The van der Waals surface area contributed by atoms with Crippen molar-refractivity contribution < 1.29 is 28.7 Å². The summed E-state index contributed by atoms with van der Waals surface area (Å²) in [5, 5.41) is 0. The molecule has 1 aromatic carbocycles. The summed E-state index contributed by atoms with van der Waals surface area (Å²) < 4.78 is 1.69. The van der Waals surface area contributed by atoms with E-state index >= 15 is 0 Å². The van der Waals surface area contributed by atoms with Crippen LogP contribution in [0.25, 0.3) is 21.0 Å². The van der Waals surface area contributed by atoms with Gasteiger partial charge in [0.15, 0.2) is 6.20 Å². The molecule has 2 aromatic heterocycles. The first kappa shape index (κ1) is 26.7. The zero-order valence-corrected chi connectivity index (χ0v) is 22.6. The molecule has 0 amide bonds. The van der Waals surface area contributed by atoms with Gasteiger partial charge in [-0.3, -0.25) is 0 Å². The molecule has 3 aromatic rings. The first-order valence-electron chi connectivity index (χ1n) is 11.9. The van der Waals surface area contributed by atoms with E-state index in [1.54, 1.807) is 16.0 Å². The van der Waals surface area contributed by atoms with Gasteiger partial charge in [0.1, 0.15) is 4.88 Å². The number of pyridine rings is 1. The highest BCUT2D eigenvalue weighted by Crippen LogP contribution is 2.34. The molecule has 0 unspecified atom stereocenters. The van der Waals surface area contributed by atoms with Crippen molar-refractivity contribution in [2.24, 2.45) is 0 Å². The summed E-state index contributed by atoms with van der Waals surface area (Å²) in [7, 11) is 0. The molecule has 0 saturated heterocycles. The summed E-state index contributed by atoms with van der Waals surface area (Å²) in [6.45, 7) is 6.89. The molecule has 0 aliphatic rings. The monoisotopic (exact) mass is 563 g/mol. The second-order valence-corrected chi connectivity index (χ2v) is 9.40. The van der Waals surface area contributed by atoms with E-state index < -0.39 is 0 Å². The maximum Gasteiger partial charge on any atom is 0.251 e. The lowest BCUT2D eigenvalue weighted by Crippen LogP contribution is -3.00. The molecular formula is C27H38IN3S. The van der Waals surface area contributed by atoms with Crippen molar-refractivity contribution in [2.75, 3.05) is 23.8 Å². The molecule has 2 N–H and O–H groups in total. The van der Waals surface area contributed by atoms with Gasteiger partial charge >= 0.3 is 0 Å². The van der Waals surface area contributed by atoms with Crippen molar-refractivity contribution >= 4 is 17.0 Å². The number of aromatic nitrogens is 1. The van der Waals surface area contributed by atoms with Gasteiger partial charge in [0, 0.05) is 35.8 Å².